The molecule has 0 aliphatic heterocycles. The number of hydrogen-bond acceptors (Lipinski definition) is 3. The molecule has 1 aromatic carbocycles. The minimum absolute atomic E-state index is 0.0380. The largest absolute Gasteiger partial charge is 0.478 e. The number of rotatable bonds is 3. The first-order valence-corrected chi connectivity index (χ1v) is 6.65. The second-order valence-corrected chi connectivity index (χ2v) is 5.07. The highest BCUT2D eigenvalue weighted by Gasteiger charge is 2.13. The van der Waals surface area contributed by atoms with Gasteiger partial charge in [0.1, 0.15) is 11.5 Å². The zero-order chi connectivity index (χ0) is 15.6. The number of nitrogens with one attached hydrogen (secondary N) is 1. The summed E-state index contributed by atoms with van der Waals surface area (Å²) in [5.74, 6) is -2.05. The Balaban J connectivity index is 2.22. The maximum absolute atomic E-state index is 13.1. The topological polar surface area (TPSA) is 79.3 Å². The first kappa shape index (κ1) is 15.1. The number of halogens is 2. The molecule has 0 radical (unpaired) electrons. The van der Waals surface area contributed by atoms with Crippen LogP contribution in [0.15, 0.2) is 34.8 Å². The van der Waals surface area contributed by atoms with E-state index in [1.54, 1.807) is 0 Å². The quantitative estimate of drug-likeness (QED) is 0.888. The van der Waals surface area contributed by atoms with Gasteiger partial charge in [0, 0.05) is 5.69 Å². The second kappa shape index (κ2) is 6.01. The van der Waals surface area contributed by atoms with Gasteiger partial charge in [0.2, 0.25) is 0 Å². The number of anilines is 1. The fourth-order valence-electron chi connectivity index (χ4n) is 1.68. The van der Waals surface area contributed by atoms with Crippen LogP contribution in [0.1, 0.15) is 26.5 Å². The van der Waals surface area contributed by atoms with Gasteiger partial charge in [-0.3, -0.25) is 4.79 Å². The molecule has 2 aromatic rings. The lowest BCUT2D eigenvalue weighted by atomic mass is 10.2. The fourth-order valence-corrected chi connectivity index (χ4v) is 2.06. The Labute approximate surface area is 128 Å². The third-order valence-corrected chi connectivity index (χ3v) is 3.33. The Kier molecular flexibility index (Phi) is 4.32. The monoisotopic (exact) mass is 352 g/mol. The van der Waals surface area contributed by atoms with Crippen LogP contribution >= 0.6 is 15.9 Å². The highest BCUT2D eigenvalue weighted by atomic mass is 79.9. The van der Waals surface area contributed by atoms with E-state index >= 15 is 0 Å². The van der Waals surface area contributed by atoms with E-state index in [0.717, 1.165) is 0 Å². The molecule has 0 aliphatic rings. The number of carboxylic acids is 1. The first-order valence-electron chi connectivity index (χ1n) is 5.86. The van der Waals surface area contributed by atoms with Crippen molar-refractivity contribution in [1.82, 2.24) is 4.98 Å². The van der Waals surface area contributed by atoms with Gasteiger partial charge in [-0.25, -0.2) is 14.2 Å². The van der Waals surface area contributed by atoms with Gasteiger partial charge in [-0.05, 0) is 53.2 Å². The van der Waals surface area contributed by atoms with E-state index in [1.807, 2.05) is 0 Å². The Bertz CT molecular complexity index is 734. The zero-order valence-corrected chi connectivity index (χ0v) is 12.4. The van der Waals surface area contributed by atoms with Crippen LogP contribution in [0, 0.1) is 12.7 Å². The number of pyridine rings is 1. The number of carboxylic acid groups (broad SMARTS) is 1. The summed E-state index contributed by atoms with van der Waals surface area (Å²) in [6.07, 6.45) is 0. The van der Waals surface area contributed by atoms with Crippen LogP contribution in [-0.2, 0) is 0 Å². The van der Waals surface area contributed by atoms with Crippen LogP contribution in [0.25, 0.3) is 0 Å². The smallest absolute Gasteiger partial charge is 0.337 e. The molecular weight excluding hydrogens is 343 g/mol. The molecule has 2 rings (SSSR count). The fraction of sp³-hybridized carbons (Fsp3) is 0.0714. The average Bonchev–Trinajstić information content (AvgIpc) is 2.42. The SMILES string of the molecule is Cc1nc(C(=O)Nc2ccc(F)c(Br)c2)ccc1C(=O)O. The molecule has 0 spiro atoms. The molecule has 0 fully saturated rings. The van der Waals surface area contributed by atoms with E-state index in [0.29, 0.717) is 5.69 Å². The van der Waals surface area contributed by atoms with E-state index < -0.39 is 17.7 Å². The molecule has 0 unspecified atom stereocenters. The second-order valence-electron chi connectivity index (χ2n) is 4.22. The summed E-state index contributed by atoms with van der Waals surface area (Å²) < 4.78 is 13.3. The van der Waals surface area contributed by atoms with Gasteiger partial charge in [0.05, 0.1) is 15.7 Å². The van der Waals surface area contributed by atoms with Gasteiger partial charge in [-0.2, -0.15) is 0 Å². The molecule has 21 heavy (non-hydrogen) atoms. The minimum Gasteiger partial charge on any atom is -0.478 e. The summed E-state index contributed by atoms with van der Waals surface area (Å²) in [6.45, 7) is 1.51. The predicted molar refractivity (Wildman–Crippen MR) is 78.0 cm³/mol. The van der Waals surface area contributed by atoms with Crippen molar-refractivity contribution in [2.45, 2.75) is 6.92 Å². The molecule has 1 amide bonds. The number of carbonyl (C=O) groups is 2. The minimum atomic E-state index is -1.10. The van der Waals surface area contributed by atoms with Crippen LogP contribution in [0.4, 0.5) is 10.1 Å². The number of aromatic carboxylic acids is 1. The van der Waals surface area contributed by atoms with Crippen LogP contribution in [-0.4, -0.2) is 22.0 Å². The molecule has 0 bridgehead atoms. The van der Waals surface area contributed by atoms with Crippen molar-refractivity contribution in [3.05, 3.63) is 57.6 Å². The van der Waals surface area contributed by atoms with Crippen LogP contribution < -0.4 is 5.32 Å². The van der Waals surface area contributed by atoms with Gasteiger partial charge >= 0.3 is 5.97 Å². The summed E-state index contributed by atoms with van der Waals surface area (Å²) in [7, 11) is 0. The Morgan fingerprint density at radius 2 is 2.00 bits per heavy atom. The molecular formula is C14H10BrFN2O3. The molecule has 5 nitrogen and oxygen atoms in total. The average molecular weight is 353 g/mol. The van der Waals surface area contributed by atoms with Gasteiger partial charge < -0.3 is 10.4 Å². The first-order chi connectivity index (χ1) is 9.88. The van der Waals surface area contributed by atoms with Crippen molar-refractivity contribution in [3.63, 3.8) is 0 Å². The highest BCUT2D eigenvalue weighted by molar-refractivity contribution is 9.10. The van der Waals surface area contributed by atoms with E-state index in [9.17, 15) is 14.0 Å². The molecule has 7 heteroatoms. The predicted octanol–water partition coefficient (Wildman–Crippen LogP) is 3.24. The van der Waals surface area contributed by atoms with Crippen molar-refractivity contribution < 1.29 is 19.1 Å². The maximum atomic E-state index is 13.1. The maximum Gasteiger partial charge on any atom is 0.337 e. The number of hydrogen-bond donors (Lipinski definition) is 2. The third kappa shape index (κ3) is 3.43. The molecule has 0 atom stereocenters. The van der Waals surface area contributed by atoms with Crippen molar-refractivity contribution in [1.29, 1.82) is 0 Å². The van der Waals surface area contributed by atoms with Gasteiger partial charge in [-0.15, -0.1) is 0 Å². The number of nitrogens with zero attached hydrogens (tertiary/aromatic N) is 1. The van der Waals surface area contributed by atoms with E-state index in [-0.39, 0.29) is 21.4 Å². The number of amides is 1. The normalized spacial score (nSPS) is 10.2. The summed E-state index contributed by atoms with van der Waals surface area (Å²) in [4.78, 5) is 26.8. The molecule has 0 saturated carbocycles. The Morgan fingerprint density at radius 3 is 2.57 bits per heavy atom. The van der Waals surface area contributed by atoms with Crippen LogP contribution in [0.5, 0.6) is 0 Å². The lowest BCUT2D eigenvalue weighted by molar-refractivity contribution is 0.0695. The van der Waals surface area contributed by atoms with Gasteiger partial charge in [0.25, 0.3) is 5.91 Å². The highest BCUT2D eigenvalue weighted by Crippen LogP contribution is 2.20. The van der Waals surface area contributed by atoms with Crippen molar-refractivity contribution in [3.8, 4) is 0 Å². The molecule has 0 saturated heterocycles. The van der Waals surface area contributed by atoms with E-state index in [2.05, 4.69) is 26.2 Å². The lowest BCUT2D eigenvalue weighted by Gasteiger charge is -2.07. The number of carbonyl (C=O) groups excluding carboxylic acids is 1. The van der Waals surface area contributed by atoms with E-state index in [1.165, 1.54) is 37.3 Å². The van der Waals surface area contributed by atoms with Gasteiger partial charge in [-0.1, -0.05) is 0 Å². The summed E-state index contributed by atoms with van der Waals surface area (Å²) in [5.41, 5.74) is 0.763. The summed E-state index contributed by atoms with van der Waals surface area (Å²) in [6, 6.07) is 6.69. The van der Waals surface area contributed by atoms with Crippen LogP contribution in [0.2, 0.25) is 0 Å². The third-order valence-electron chi connectivity index (χ3n) is 2.73. The molecule has 108 valence electrons. The van der Waals surface area contributed by atoms with Crippen LogP contribution in [0.3, 0.4) is 0 Å². The van der Waals surface area contributed by atoms with Crippen molar-refractivity contribution >= 4 is 33.5 Å². The van der Waals surface area contributed by atoms with Crippen molar-refractivity contribution in [2.75, 3.05) is 5.32 Å². The molecule has 1 heterocycles. The Morgan fingerprint density at radius 1 is 1.29 bits per heavy atom. The number of benzene rings is 1. The standard InChI is InChI=1S/C14H10BrFN2O3/c1-7-9(14(20)21)3-5-12(17-7)13(19)18-8-2-4-11(16)10(15)6-8/h2-6H,1H3,(H,18,19)(H,20,21). The molecule has 2 N–H and O–H groups in total. The lowest BCUT2D eigenvalue weighted by Crippen LogP contribution is -2.15. The van der Waals surface area contributed by atoms with Crippen molar-refractivity contribution in [2.24, 2.45) is 0 Å². The number of aromatic nitrogens is 1. The summed E-state index contributed by atoms with van der Waals surface area (Å²) >= 11 is 3.02. The van der Waals surface area contributed by atoms with Gasteiger partial charge in [0.15, 0.2) is 0 Å². The molecule has 1 aromatic heterocycles. The zero-order valence-electron chi connectivity index (χ0n) is 10.9. The number of aryl methyl sites for hydroxylation is 1. The summed E-state index contributed by atoms with van der Waals surface area (Å²) in [5, 5.41) is 11.5. The Hall–Kier alpha value is -2.28. The molecule has 0 aliphatic carbocycles. The van der Waals surface area contributed by atoms with E-state index in [4.69, 9.17) is 5.11 Å².